The van der Waals surface area contributed by atoms with E-state index in [1.165, 1.54) is 7.11 Å². The van der Waals surface area contributed by atoms with Crippen molar-refractivity contribution < 1.29 is 47.7 Å². The van der Waals surface area contributed by atoms with E-state index in [1.807, 2.05) is 0 Å². The van der Waals surface area contributed by atoms with E-state index in [9.17, 15) is 0 Å². The summed E-state index contributed by atoms with van der Waals surface area (Å²) < 4.78 is 13.7. The Labute approximate surface area is 77.0 Å². The molecule has 0 aromatic heterocycles. The summed E-state index contributed by atoms with van der Waals surface area (Å²) in [5.74, 6) is 0. The van der Waals surface area contributed by atoms with Gasteiger partial charge in [0.1, 0.15) is 0 Å². The Morgan fingerprint density at radius 3 is 2.30 bits per heavy atom. The fourth-order valence-electron chi connectivity index (χ4n) is 0.298. The maximum atomic E-state index is 8.84. The van der Waals surface area contributed by atoms with Crippen LogP contribution in [0.4, 0.5) is 0 Å². The fraction of sp³-hybridized carbons (Fsp3) is 1.00. The summed E-state index contributed by atoms with van der Waals surface area (Å²) in [6.45, 7) is 1.56. The molecule has 0 saturated heterocycles. The van der Waals surface area contributed by atoms with Gasteiger partial charge in [-0.2, -0.15) is 0 Å². The predicted molar refractivity (Wildman–Crippen MR) is 28.8 cm³/mol. The van der Waals surface area contributed by atoms with Crippen LogP contribution in [-0.4, -0.2) is 32.0 Å². The molecule has 0 aromatic rings. The number of methoxy groups -OCH3 is 1. The molecule has 0 fully saturated rings. The van der Waals surface area contributed by atoms with Gasteiger partial charge in [0.05, 0.1) is 0 Å². The van der Waals surface area contributed by atoms with Crippen molar-refractivity contribution >= 4 is 9.05 Å². The number of hydrogen-bond donors (Lipinski definition) is 2. The van der Waals surface area contributed by atoms with Gasteiger partial charge >= 0.3 is 77.0 Å². The summed E-state index contributed by atoms with van der Waals surface area (Å²) in [4.78, 5) is 17.7. The first-order valence-corrected chi connectivity index (χ1v) is 6.56. The topological polar surface area (TPSA) is 68.2 Å². The van der Waals surface area contributed by atoms with Crippen molar-refractivity contribution in [2.75, 3.05) is 7.11 Å². The molecule has 1 unspecified atom stereocenters. The molecule has 0 rings (SSSR count). The summed E-state index contributed by atoms with van der Waals surface area (Å²) in [6.07, 6.45) is -0.634. The van der Waals surface area contributed by atoms with Gasteiger partial charge in [-0.1, -0.05) is 0 Å². The van der Waals surface area contributed by atoms with E-state index in [-0.39, 0.29) is 26.6 Å². The second kappa shape index (κ2) is 4.75. The summed E-state index contributed by atoms with van der Waals surface area (Å²) in [7, 11) is -2.39. The van der Waals surface area contributed by atoms with E-state index >= 15 is 0 Å². The van der Waals surface area contributed by atoms with Crippen LogP contribution in [0.15, 0.2) is 0 Å². The van der Waals surface area contributed by atoms with Crippen molar-refractivity contribution in [3.63, 3.8) is 0 Å². The first-order valence-electron chi connectivity index (χ1n) is 2.60. The van der Waals surface area contributed by atoms with E-state index < -0.39 is 15.3 Å². The predicted octanol–water partition coefficient (Wildman–Crippen LogP) is -1.11. The van der Waals surface area contributed by atoms with Crippen molar-refractivity contribution in [3.05, 3.63) is 0 Å². The molecule has 0 amide bonds. The Morgan fingerprint density at radius 1 is 1.50 bits per heavy atom. The van der Waals surface area contributed by atoms with Gasteiger partial charge in [-0.15, -0.1) is 0 Å². The molecule has 0 heterocycles. The van der Waals surface area contributed by atoms with E-state index in [1.54, 1.807) is 6.92 Å². The van der Waals surface area contributed by atoms with Gasteiger partial charge in [-0.05, 0) is 0 Å². The number of ether oxygens (including phenoxy) is 1. The Hall–Kier alpha value is 0.952. The molecule has 0 saturated carbocycles. The van der Waals surface area contributed by atoms with Crippen LogP contribution < -0.4 is 0 Å². The zero-order chi connectivity index (χ0) is 8.20. The van der Waals surface area contributed by atoms with Crippen LogP contribution in [0.2, 0.25) is 0 Å². The van der Waals surface area contributed by atoms with Gasteiger partial charge in [0.15, 0.2) is 0 Å². The maximum absolute atomic E-state index is 8.84. The second-order valence-corrected chi connectivity index (χ2v) is 6.60. The molecule has 57 valence electrons. The van der Waals surface area contributed by atoms with Crippen LogP contribution >= 0.6 is 0 Å². The molecule has 10 heavy (non-hydrogen) atoms. The van der Waals surface area contributed by atoms with Crippen LogP contribution in [0.5, 0.6) is 0 Å². The zero-order valence-corrected chi connectivity index (χ0v) is 12.4. The third-order valence-corrected chi connectivity index (χ3v) is 6.24. The van der Waals surface area contributed by atoms with Crippen molar-refractivity contribution in [1.82, 2.24) is 0 Å². The molecule has 0 aliphatic carbocycles. The summed E-state index contributed by atoms with van der Waals surface area (Å²) in [5.41, 5.74) is 0. The molecule has 0 radical (unpaired) electrons. The first-order chi connectivity index (χ1) is 4.52. The molecular formula is C3H9HgO5Si. The Kier molecular flexibility index (Phi) is 5.21. The normalized spacial score (nSPS) is 15.4. The zero-order valence-electron chi connectivity index (χ0n) is 5.90. The van der Waals surface area contributed by atoms with Crippen LogP contribution in [0, 0.1) is 0 Å². The number of rotatable bonds is 4. The molecule has 1 atom stereocenters. The van der Waals surface area contributed by atoms with E-state index in [4.69, 9.17) is 9.59 Å². The Morgan fingerprint density at radius 2 is 2.00 bits per heavy atom. The molecule has 2 N–H and O–H groups in total. The summed E-state index contributed by atoms with van der Waals surface area (Å²) >= 11 is -0.133. The Balaban J connectivity index is 3.64. The van der Waals surface area contributed by atoms with E-state index in [0.717, 1.165) is 0 Å². The molecule has 0 bridgehead atoms. The molecule has 0 aliphatic heterocycles. The molecule has 0 spiro atoms. The SMILES string of the molecule is COC(C)O[Si](O)(O)[O][Hg]. The monoisotopic (exact) mass is 355 g/mol. The minimum absolute atomic E-state index is 0.133. The second-order valence-electron chi connectivity index (χ2n) is 1.61. The summed E-state index contributed by atoms with van der Waals surface area (Å²) in [6, 6.07) is 0. The third kappa shape index (κ3) is 4.72. The first kappa shape index (κ1) is 11.0. The van der Waals surface area contributed by atoms with Crippen molar-refractivity contribution in [3.8, 4) is 0 Å². The minimum atomic E-state index is -3.80. The Bertz CT molecular complexity index is 98.9. The number of hydrogen-bond acceptors (Lipinski definition) is 5. The molecule has 0 aromatic carbocycles. The van der Waals surface area contributed by atoms with Crippen molar-refractivity contribution in [1.29, 1.82) is 0 Å². The quantitative estimate of drug-likeness (QED) is 0.496. The van der Waals surface area contributed by atoms with Crippen molar-refractivity contribution in [2.24, 2.45) is 0 Å². The summed E-state index contributed by atoms with van der Waals surface area (Å²) in [5, 5.41) is 0. The van der Waals surface area contributed by atoms with Gasteiger partial charge in [-0.25, -0.2) is 0 Å². The van der Waals surface area contributed by atoms with Crippen LogP contribution in [0.3, 0.4) is 0 Å². The standard InChI is InChI=1S/C3H9O5Si.Hg/c1-3(7-2)8-9(4,5)6;/h3-5H,1-2H3;/q-1;+1. The van der Waals surface area contributed by atoms with E-state index in [2.05, 4.69) is 11.5 Å². The van der Waals surface area contributed by atoms with Gasteiger partial charge in [-0.3, -0.25) is 0 Å². The fourth-order valence-corrected chi connectivity index (χ4v) is 1.69. The van der Waals surface area contributed by atoms with E-state index in [0.29, 0.717) is 0 Å². The van der Waals surface area contributed by atoms with Crippen LogP contribution in [0.1, 0.15) is 6.92 Å². The average Bonchev–Trinajstić information content (AvgIpc) is 1.87. The van der Waals surface area contributed by atoms with Crippen LogP contribution in [-0.2, 0) is 38.1 Å². The van der Waals surface area contributed by atoms with Gasteiger partial charge in [0.2, 0.25) is 0 Å². The van der Waals surface area contributed by atoms with Gasteiger partial charge < -0.3 is 0 Å². The molecule has 7 heteroatoms. The third-order valence-electron chi connectivity index (χ3n) is 0.839. The molecule has 5 nitrogen and oxygen atoms in total. The van der Waals surface area contributed by atoms with Crippen LogP contribution in [0.25, 0.3) is 0 Å². The van der Waals surface area contributed by atoms with Crippen molar-refractivity contribution in [2.45, 2.75) is 13.2 Å². The average molecular weight is 354 g/mol. The molecule has 0 aliphatic rings. The molecular weight excluding hydrogens is 345 g/mol. The van der Waals surface area contributed by atoms with Gasteiger partial charge in [0, 0.05) is 0 Å². The van der Waals surface area contributed by atoms with Gasteiger partial charge in [0.25, 0.3) is 0 Å².